The molecule has 0 radical (unpaired) electrons. The van der Waals surface area contributed by atoms with Gasteiger partial charge in [-0.2, -0.15) is 0 Å². The molecular weight excluding hydrogens is 374 g/mol. The first-order valence-corrected chi connectivity index (χ1v) is 11.1. The zero-order valence-corrected chi connectivity index (χ0v) is 17.5. The molecule has 0 spiro atoms. The Labute approximate surface area is 173 Å². The molecule has 8 heteroatoms. The van der Waals surface area contributed by atoms with Crippen LogP contribution in [-0.4, -0.2) is 85.2 Å². The van der Waals surface area contributed by atoms with E-state index >= 15 is 0 Å². The number of nitrogens with one attached hydrogen (secondary N) is 1. The van der Waals surface area contributed by atoms with E-state index in [1.807, 2.05) is 4.90 Å². The zero-order chi connectivity index (χ0) is 20.9. The average molecular weight is 412 g/mol. The molecule has 0 saturated carbocycles. The fraction of sp³-hybridized carbons (Fsp3) is 0.857. The van der Waals surface area contributed by atoms with Crippen LogP contribution in [0.1, 0.15) is 57.8 Å². The fourth-order valence-electron chi connectivity index (χ4n) is 4.52. The summed E-state index contributed by atoms with van der Waals surface area (Å²) in [6.45, 7) is 5.60. The van der Waals surface area contributed by atoms with E-state index in [1.54, 1.807) is 0 Å². The molecule has 166 valence electrons. The molecule has 0 aliphatic carbocycles. The lowest BCUT2D eigenvalue weighted by Gasteiger charge is -2.35. The Morgan fingerprint density at radius 2 is 1.62 bits per heavy atom. The number of carbonyl (C=O) groups is 3. The number of rotatable bonds is 1. The van der Waals surface area contributed by atoms with Crippen molar-refractivity contribution in [2.75, 3.05) is 45.9 Å². The third-order valence-corrected chi connectivity index (χ3v) is 6.10. The number of piperidine rings is 1. The summed E-state index contributed by atoms with van der Waals surface area (Å²) in [5.41, 5.74) is 0. The number of carbonyl (C=O) groups excluding carboxylic acids is 2. The van der Waals surface area contributed by atoms with Gasteiger partial charge in [-0.25, -0.2) is 0 Å². The van der Waals surface area contributed by atoms with Crippen LogP contribution in [0.15, 0.2) is 0 Å². The normalized spacial score (nSPS) is 25.7. The Hall–Kier alpha value is -1.67. The fourth-order valence-corrected chi connectivity index (χ4v) is 4.52. The lowest BCUT2D eigenvalue weighted by atomic mass is 9.98. The van der Waals surface area contributed by atoms with Gasteiger partial charge in [0.05, 0.1) is 0 Å². The highest BCUT2D eigenvalue weighted by Crippen LogP contribution is 2.21. The minimum absolute atomic E-state index is 0.125. The van der Waals surface area contributed by atoms with E-state index in [0.29, 0.717) is 38.1 Å². The number of hydrogen-bond acceptors (Lipinski definition) is 5. The lowest BCUT2D eigenvalue weighted by molar-refractivity contribution is -0.138. The van der Waals surface area contributed by atoms with Crippen LogP contribution in [0.5, 0.6) is 0 Å². The van der Waals surface area contributed by atoms with Gasteiger partial charge in [-0.1, -0.05) is 6.42 Å². The molecule has 8 nitrogen and oxygen atoms in total. The van der Waals surface area contributed by atoms with Crippen molar-refractivity contribution in [2.45, 2.75) is 63.8 Å². The number of fused-ring (bicyclic) bond motifs is 1. The number of carboxylic acid groups (broad SMARTS) is 1. The Morgan fingerprint density at radius 3 is 2.34 bits per heavy atom. The van der Waals surface area contributed by atoms with E-state index < -0.39 is 0 Å². The summed E-state index contributed by atoms with van der Waals surface area (Å²) in [6, 6.07) is 0.407. The molecule has 1 atom stereocenters. The van der Waals surface area contributed by atoms with Crippen LogP contribution in [0.4, 0.5) is 0 Å². The second-order valence-electron chi connectivity index (χ2n) is 8.12. The van der Waals surface area contributed by atoms with Crippen LogP contribution >= 0.6 is 0 Å². The van der Waals surface area contributed by atoms with Gasteiger partial charge in [-0.05, 0) is 58.0 Å². The van der Waals surface area contributed by atoms with Gasteiger partial charge < -0.3 is 20.1 Å². The summed E-state index contributed by atoms with van der Waals surface area (Å²) in [7, 11) is 0. The van der Waals surface area contributed by atoms with Crippen molar-refractivity contribution in [1.82, 2.24) is 15.1 Å². The van der Waals surface area contributed by atoms with Gasteiger partial charge in [0.25, 0.3) is 6.47 Å². The summed E-state index contributed by atoms with van der Waals surface area (Å²) in [5, 5.41) is 9.96. The van der Waals surface area contributed by atoms with Crippen LogP contribution in [0.2, 0.25) is 0 Å². The summed E-state index contributed by atoms with van der Waals surface area (Å²) in [6.07, 6.45) is 8.95. The van der Waals surface area contributed by atoms with Gasteiger partial charge >= 0.3 is 0 Å². The first kappa shape index (κ1) is 23.6. The van der Waals surface area contributed by atoms with E-state index in [9.17, 15) is 9.59 Å². The largest absolute Gasteiger partial charge is 0.483 e. The van der Waals surface area contributed by atoms with Crippen LogP contribution in [0, 0.1) is 5.92 Å². The Morgan fingerprint density at radius 1 is 1.00 bits per heavy atom. The smallest absolute Gasteiger partial charge is 0.290 e. The lowest BCUT2D eigenvalue weighted by Crippen LogP contribution is -2.43. The van der Waals surface area contributed by atoms with Crippen molar-refractivity contribution in [3.63, 3.8) is 0 Å². The first-order valence-electron chi connectivity index (χ1n) is 11.1. The molecule has 0 aromatic carbocycles. The molecule has 3 aliphatic rings. The summed E-state index contributed by atoms with van der Waals surface area (Å²) in [5.74, 6) is 0.592. The molecule has 0 bridgehead atoms. The van der Waals surface area contributed by atoms with Crippen LogP contribution in [-0.2, 0) is 19.1 Å². The molecular formula is C21H37N3O5. The quantitative estimate of drug-likeness (QED) is 0.634. The van der Waals surface area contributed by atoms with Crippen molar-refractivity contribution >= 4 is 18.3 Å². The number of amides is 2. The van der Waals surface area contributed by atoms with Gasteiger partial charge in [0, 0.05) is 51.2 Å². The van der Waals surface area contributed by atoms with Gasteiger partial charge in [-0.3, -0.25) is 19.3 Å². The van der Waals surface area contributed by atoms with Crippen molar-refractivity contribution in [3.05, 3.63) is 0 Å². The van der Waals surface area contributed by atoms with Crippen LogP contribution in [0.3, 0.4) is 0 Å². The molecule has 3 heterocycles. The number of hydrogen-bond donors (Lipinski definition) is 2. The van der Waals surface area contributed by atoms with E-state index in [1.165, 1.54) is 12.8 Å². The molecule has 3 saturated heterocycles. The maximum atomic E-state index is 12.9. The van der Waals surface area contributed by atoms with Gasteiger partial charge in [0.2, 0.25) is 11.8 Å². The van der Waals surface area contributed by atoms with Crippen molar-refractivity contribution < 1.29 is 24.2 Å². The van der Waals surface area contributed by atoms with Gasteiger partial charge in [0.1, 0.15) is 0 Å². The van der Waals surface area contributed by atoms with Crippen molar-refractivity contribution in [1.29, 1.82) is 0 Å². The number of nitrogens with zero attached hydrogens (tertiary/aromatic N) is 2. The van der Waals surface area contributed by atoms with Crippen molar-refractivity contribution in [3.8, 4) is 0 Å². The molecule has 2 amide bonds. The van der Waals surface area contributed by atoms with Crippen LogP contribution < -0.4 is 5.32 Å². The molecule has 3 aliphatic heterocycles. The summed E-state index contributed by atoms with van der Waals surface area (Å²) in [4.78, 5) is 38.1. The molecule has 1 unspecified atom stereocenters. The summed E-state index contributed by atoms with van der Waals surface area (Å²) < 4.78 is 5.40. The van der Waals surface area contributed by atoms with Crippen molar-refractivity contribution in [2.24, 2.45) is 5.92 Å². The SMILES string of the molecule is O=C1CC2CCCCN2CCCCN(C(=O)C2CCOCC2)CCCN1.O=CO. The third kappa shape index (κ3) is 8.30. The number of ether oxygens (including phenoxy) is 1. The molecule has 0 aromatic heterocycles. The zero-order valence-electron chi connectivity index (χ0n) is 17.5. The minimum Gasteiger partial charge on any atom is -0.483 e. The van der Waals surface area contributed by atoms with Crippen LogP contribution in [0.25, 0.3) is 0 Å². The highest BCUT2D eigenvalue weighted by molar-refractivity contribution is 5.79. The monoisotopic (exact) mass is 411 g/mol. The first-order chi connectivity index (χ1) is 14.2. The Bertz CT molecular complexity index is 511. The highest BCUT2D eigenvalue weighted by Gasteiger charge is 2.27. The highest BCUT2D eigenvalue weighted by atomic mass is 16.5. The molecule has 3 rings (SSSR count). The van der Waals surface area contributed by atoms with E-state index in [4.69, 9.17) is 14.6 Å². The van der Waals surface area contributed by atoms with Gasteiger partial charge in [-0.15, -0.1) is 0 Å². The molecule has 3 fully saturated rings. The van der Waals surface area contributed by atoms with E-state index in [2.05, 4.69) is 10.2 Å². The van der Waals surface area contributed by atoms with Gasteiger partial charge in [0.15, 0.2) is 0 Å². The summed E-state index contributed by atoms with van der Waals surface area (Å²) >= 11 is 0. The Balaban J connectivity index is 0.000000941. The van der Waals surface area contributed by atoms with E-state index in [-0.39, 0.29) is 18.3 Å². The predicted molar refractivity (Wildman–Crippen MR) is 110 cm³/mol. The maximum absolute atomic E-state index is 12.9. The second-order valence-corrected chi connectivity index (χ2v) is 8.12. The third-order valence-electron chi connectivity index (χ3n) is 6.10. The van der Waals surface area contributed by atoms with E-state index in [0.717, 1.165) is 64.7 Å². The second kappa shape index (κ2) is 13.5. The topological polar surface area (TPSA) is 99.2 Å². The minimum atomic E-state index is -0.250. The average Bonchev–Trinajstić information content (AvgIpc) is 2.75. The maximum Gasteiger partial charge on any atom is 0.290 e. The standard InChI is InChI=1S/C20H35N3O3.CH2O2/c24-19-16-18-6-1-2-10-22(18)11-3-4-12-23(13-5-9-21-19)20(25)17-7-14-26-15-8-17;2-1-3/h17-18H,1-16H2,(H,21,24);1H,(H,2,3). The predicted octanol–water partition coefficient (Wildman–Crippen LogP) is 1.49. The molecule has 29 heavy (non-hydrogen) atoms. The Kier molecular flexibility index (Phi) is 11.0. The molecule has 2 N–H and O–H groups in total. The molecule has 0 aromatic rings.